The van der Waals surface area contributed by atoms with Crippen LogP contribution in [0.5, 0.6) is 5.75 Å². The molecule has 2 aromatic carbocycles. The Morgan fingerprint density at radius 1 is 1.12 bits per heavy atom. The number of amides is 2. The zero-order valence-corrected chi connectivity index (χ0v) is 24.4. The van der Waals surface area contributed by atoms with Crippen molar-refractivity contribution >= 4 is 34.9 Å². The highest BCUT2D eigenvalue weighted by molar-refractivity contribution is 6.35. The van der Waals surface area contributed by atoms with Gasteiger partial charge in [0.15, 0.2) is 0 Å². The van der Waals surface area contributed by atoms with E-state index < -0.39 is 5.79 Å². The molecule has 11 nitrogen and oxygen atoms in total. The molecular weight excluding hydrogens is 573 g/mol. The number of piperazine rings is 1. The van der Waals surface area contributed by atoms with Crippen molar-refractivity contribution in [3.8, 4) is 5.75 Å². The standard InChI is InChI=1S/C28H33Cl2N5O4.2H2O/c1-2-9-32-27(36)35-14-12-34(13-15-35)22-4-6-23(7-5-22)37-17-24-18-38-28(39-24,19-33-11-10-31-20-33)25-8-3-21(29)16-26(25)30;;/h3-8,10-11,16,20,24H,2,9,12-15,17-19H2,1H3,(H,32,36);2*1H2/t24-,28-;;/m1../s1. The minimum atomic E-state index is -1.09. The molecule has 2 atom stereocenters. The van der Waals surface area contributed by atoms with Crippen molar-refractivity contribution in [1.29, 1.82) is 0 Å². The van der Waals surface area contributed by atoms with Crippen LogP contribution < -0.4 is 15.0 Å². The van der Waals surface area contributed by atoms with Crippen molar-refractivity contribution in [3.63, 3.8) is 0 Å². The molecule has 2 amide bonds. The van der Waals surface area contributed by atoms with Crippen LogP contribution in [-0.4, -0.2) is 83.5 Å². The molecule has 3 aromatic rings. The van der Waals surface area contributed by atoms with Crippen LogP contribution in [-0.2, 0) is 21.8 Å². The Bertz CT molecular complexity index is 1240. The number of rotatable bonds is 9. The molecule has 5 rings (SSSR count). The number of aromatic nitrogens is 2. The predicted molar refractivity (Wildman–Crippen MR) is 158 cm³/mol. The smallest absolute Gasteiger partial charge is 0.317 e. The first-order chi connectivity index (χ1) is 19.0. The summed E-state index contributed by atoms with van der Waals surface area (Å²) in [6, 6.07) is 13.3. The van der Waals surface area contributed by atoms with Crippen molar-refractivity contribution in [2.24, 2.45) is 0 Å². The van der Waals surface area contributed by atoms with Crippen LogP contribution >= 0.6 is 23.2 Å². The Morgan fingerprint density at radius 2 is 1.88 bits per heavy atom. The van der Waals surface area contributed by atoms with Gasteiger partial charge in [0.25, 0.3) is 0 Å². The topological polar surface area (TPSA) is 144 Å². The molecule has 2 fully saturated rings. The summed E-state index contributed by atoms with van der Waals surface area (Å²) in [6.45, 7) is 6.79. The van der Waals surface area contributed by atoms with E-state index in [0.717, 1.165) is 30.9 Å². The number of ether oxygens (including phenoxy) is 3. The van der Waals surface area contributed by atoms with Crippen LogP contribution in [0.4, 0.5) is 10.5 Å². The fourth-order valence-corrected chi connectivity index (χ4v) is 5.38. The minimum Gasteiger partial charge on any atom is -0.491 e. The summed E-state index contributed by atoms with van der Waals surface area (Å²) in [5, 5.41) is 3.97. The van der Waals surface area contributed by atoms with Gasteiger partial charge in [0.1, 0.15) is 18.5 Å². The van der Waals surface area contributed by atoms with E-state index in [0.29, 0.717) is 55.0 Å². The summed E-state index contributed by atoms with van der Waals surface area (Å²) in [5.41, 5.74) is 1.81. The fraction of sp³-hybridized carbons (Fsp3) is 0.429. The highest BCUT2D eigenvalue weighted by Gasteiger charge is 2.45. The lowest BCUT2D eigenvalue weighted by Gasteiger charge is -2.36. The van der Waals surface area contributed by atoms with E-state index in [1.165, 1.54) is 0 Å². The van der Waals surface area contributed by atoms with Gasteiger partial charge >= 0.3 is 6.03 Å². The number of benzene rings is 2. The van der Waals surface area contributed by atoms with E-state index in [-0.39, 0.29) is 23.1 Å². The van der Waals surface area contributed by atoms with Gasteiger partial charge in [-0.1, -0.05) is 36.2 Å². The summed E-state index contributed by atoms with van der Waals surface area (Å²) in [5.74, 6) is -0.341. The third-order valence-corrected chi connectivity index (χ3v) is 7.43. The van der Waals surface area contributed by atoms with Crippen LogP contribution in [0.1, 0.15) is 18.9 Å². The normalized spacial score (nSPS) is 20.2. The third-order valence-electron chi connectivity index (χ3n) is 6.88. The number of anilines is 1. The van der Waals surface area contributed by atoms with E-state index in [1.54, 1.807) is 24.7 Å². The van der Waals surface area contributed by atoms with Crippen LogP contribution in [0.3, 0.4) is 0 Å². The number of halogens is 2. The predicted octanol–water partition coefficient (Wildman–Crippen LogP) is 3.13. The monoisotopic (exact) mass is 609 g/mol. The first kappa shape index (κ1) is 32.5. The summed E-state index contributed by atoms with van der Waals surface area (Å²) < 4.78 is 20.7. The van der Waals surface area contributed by atoms with Crippen molar-refractivity contribution in [2.45, 2.75) is 31.8 Å². The van der Waals surface area contributed by atoms with E-state index in [1.807, 2.05) is 52.9 Å². The van der Waals surface area contributed by atoms with E-state index in [2.05, 4.69) is 15.2 Å². The quantitative estimate of drug-likeness (QED) is 0.394. The van der Waals surface area contributed by atoms with Gasteiger partial charge in [-0.3, -0.25) is 0 Å². The first-order valence-electron chi connectivity index (χ1n) is 13.2. The maximum absolute atomic E-state index is 12.2. The van der Waals surface area contributed by atoms with Gasteiger partial charge in [0.2, 0.25) is 5.79 Å². The Balaban J connectivity index is 0.00000231. The molecule has 3 heterocycles. The van der Waals surface area contributed by atoms with Gasteiger partial charge in [-0.15, -0.1) is 0 Å². The molecule has 5 N–H and O–H groups in total. The maximum Gasteiger partial charge on any atom is 0.317 e. The van der Waals surface area contributed by atoms with Gasteiger partial charge < -0.3 is 44.8 Å². The van der Waals surface area contributed by atoms with Crippen molar-refractivity contribution in [2.75, 3.05) is 50.8 Å². The Hall–Kier alpha value is -3.06. The van der Waals surface area contributed by atoms with Gasteiger partial charge in [-0.25, -0.2) is 9.78 Å². The molecular formula is C28H37Cl2N5O6. The summed E-state index contributed by atoms with van der Waals surface area (Å²) >= 11 is 12.7. The second-order valence-electron chi connectivity index (χ2n) is 9.67. The molecule has 2 aliphatic heterocycles. The van der Waals surface area contributed by atoms with Crippen LogP contribution in [0, 0.1) is 0 Å². The molecule has 0 saturated carbocycles. The lowest BCUT2D eigenvalue weighted by Crippen LogP contribution is -2.52. The van der Waals surface area contributed by atoms with Crippen LogP contribution in [0.15, 0.2) is 61.2 Å². The maximum atomic E-state index is 12.2. The molecule has 0 radical (unpaired) electrons. The SMILES string of the molecule is CCCNC(=O)N1CCN(c2ccc(OC[C@@H]3CO[C@@](Cn4ccnc4)(c4ccc(Cl)cc4Cl)O3)cc2)CC1.O.O. The molecule has 0 unspecified atom stereocenters. The molecule has 2 aliphatic rings. The van der Waals surface area contributed by atoms with E-state index in [4.69, 9.17) is 37.4 Å². The van der Waals surface area contributed by atoms with Gasteiger partial charge in [-0.2, -0.15) is 0 Å². The van der Waals surface area contributed by atoms with Gasteiger partial charge in [-0.05, 0) is 42.8 Å². The average Bonchev–Trinajstić information content (AvgIpc) is 3.61. The summed E-state index contributed by atoms with van der Waals surface area (Å²) in [6.07, 6.45) is 5.91. The lowest BCUT2D eigenvalue weighted by atomic mass is 10.1. The van der Waals surface area contributed by atoms with Crippen LogP contribution in [0.2, 0.25) is 10.0 Å². The molecule has 41 heavy (non-hydrogen) atoms. The number of urea groups is 1. The Morgan fingerprint density at radius 3 is 2.54 bits per heavy atom. The van der Waals surface area contributed by atoms with E-state index in [9.17, 15) is 4.79 Å². The summed E-state index contributed by atoms with van der Waals surface area (Å²) in [4.78, 5) is 20.5. The zero-order chi connectivity index (χ0) is 27.2. The molecule has 2 saturated heterocycles. The molecule has 0 aliphatic carbocycles. The lowest BCUT2D eigenvalue weighted by molar-refractivity contribution is -0.189. The van der Waals surface area contributed by atoms with Gasteiger partial charge in [0, 0.05) is 61.4 Å². The number of nitrogens with one attached hydrogen (secondary N) is 1. The first-order valence-corrected chi connectivity index (χ1v) is 13.9. The highest BCUT2D eigenvalue weighted by atomic mass is 35.5. The number of nitrogens with zero attached hydrogens (tertiary/aromatic N) is 4. The Labute approximate surface area is 249 Å². The molecule has 0 bridgehead atoms. The molecule has 1 aromatic heterocycles. The third kappa shape index (κ3) is 7.82. The summed E-state index contributed by atoms with van der Waals surface area (Å²) in [7, 11) is 0. The number of hydrogen-bond donors (Lipinski definition) is 1. The second kappa shape index (κ2) is 14.7. The van der Waals surface area contributed by atoms with E-state index >= 15 is 0 Å². The minimum absolute atomic E-state index is 0. The number of imidazole rings is 1. The van der Waals surface area contributed by atoms with Crippen LogP contribution in [0.25, 0.3) is 0 Å². The molecule has 13 heteroatoms. The molecule has 0 spiro atoms. The second-order valence-corrected chi connectivity index (χ2v) is 10.5. The highest BCUT2D eigenvalue weighted by Crippen LogP contribution is 2.40. The number of carbonyl (C=O) groups is 1. The molecule has 224 valence electrons. The van der Waals surface area contributed by atoms with Crippen molar-refractivity contribution in [3.05, 3.63) is 76.8 Å². The number of hydrogen-bond acceptors (Lipinski definition) is 6. The Kier molecular flexibility index (Phi) is 11.6. The van der Waals surface area contributed by atoms with Crippen molar-refractivity contribution < 1.29 is 30.0 Å². The van der Waals surface area contributed by atoms with Crippen molar-refractivity contribution in [1.82, 2.24) is 19.8 Å². The number of carbonyl (C=O) groups excluding carboxylic acids is 1. The average molecular weight is 611 g/mol. The largest absolute Gasteiger partial charge is 0.491 e. The fourth-order valence-electron chi connectivity index (χ4n) is 4.83. The zero-order valence-electron chi connectivity index (χ0n) is 22.9. The van der Waals surface area contributed by atoms with Gasteiger partial charge in [0.05, 0.1) is 24.5 Å².